The van der Waals surface area contributed by atoms with Gasteiger partial charge in [0, 0.05) is 33.4 Å². The zero-order chi connectivity index (χ0) is 17.4. The quantitative estimate of drug-likeness (QED) is 0.281. The van der Waals surface area contributed by atoms with Crippen molar-refractivity contribution in [3.8, 4) is 0 Å². The van der Waals surface area contributed by atoms with Gasteiger partial charge in [0.25, 0.3) is 0 Å². The highest BCUT2D eigenvalue weighted by molar-refractivity contribution is 14.0. The van der Waals surface area contributed by atoms with Crippen molar-refractivity contribution in [3.63, 3.8) is 0 Å². The second-order valence-corrected chi connectivity index (χ2v) is 6.76. The number of methoxy groups -OCH3 is 1. The first-order valence-electron chi connectivity index (χ1n) is 8.98. The van der Waals surface area contributed by atoms with Gasteiger partial charge in [-0.2, -0.15) is 0 Å². The number of ether oxygens (including phenoxy) is 1. The van der Waals surface area contributed by atoms with Gasteiger partial charge in [0.2, 0.25) is 0 Å². The van der Waals surface area contributed by atoms with Crippen molar-refractivity contribution in [3.05, 3.63) is 11.6 Å². The van der Waals surface area contributed by atoms with Gasteiger partial charge in [-0.05, 0) is 44.9 Å². The van der Waals surface area contributed by atoms with E-state index in [-0.39, 0.29) is 24.0 Å². The minimum Gasteiger partial charge on any atom is -0.385 e. The van der Waals surface area contributed by atoms with Crippen LogP contribution in [-0.2, 0) is 18.3 Å². The van der Waals surface area contributed by atoms with Crippen LogP contribution in [0.1, 0.15) is 50.7 Å². The van der Waals surface area contributed by atoms with Crippen LogP contribution < -0.4 is 10.6 Å². The Morgan fingerprint density at radius 1 is 1.28 bits per heavy atom. The summed E-state index contributed by atoms with van der Waals surface area (Å²) in [7, 11) is 3.70. The van der Waals surface area contributed by atoms with Crippen LogP contribution in [0.2, 0.25) is 0 Å². The number of rotatable bonds is 7. The number of hydrogen-bond donors (Lipinski definition) is 2. The van der Waals surface area contributed by atoms with E-state index in [9.17, 15) is 0 Å². The third kappa shape index (κ3) is 7.47. The number of aliphatic imine (C=N–C) groups is 1. The van der Waals surface area contributed by atoms with Crippen LogP contribution in [0, 0.1) is 12.8 Å². The van der Waals surface area contributed by atoms with Crippen molar-refractivity contribution < 1.29 is 4.74 Å². The number of halogens is 1. The molecule has 1 saturated carbocycles. The highest BCUT2D eigenvalue weighted by atomic mass is 127. The number of aryl methyl sites for hydroxylation is 1. The molecular weight excluding hydrogens is 431 g/mol. The summed E-state index contributed by atoms with van der Waals surface area (Å²) < 4.78 is 7.09. The Labute approximate surface area is 168 Å². The van der Waals surface area contributed by atoms with Gasteiger partial charge >= 0.3 is 0 Å². The largest absolute Gasteiger partial charge is 0.385 e. The third-order valence-corrected chi connectivity index (χ3v) is 4.74. The van der Waals surface area contributed by atoms with E-state index in [1.54, 1.807) is 7.11 Å². The van der Waals surface area contributed by atoms with E-state index in [1.165, 1.54) is 25.7 Å². The van der Waals surface area contributed by atoms with Gasteiger partial charge in [-0.15, -0.1) is 34.2 Å². The SMILES string of the molecule is COCCCNC(=NCc1nnc(C)n1C)NC1CCC(C)CC1.I. The highest BCUT2D eigenvalue weighted by Crippen LogP contribution is 2.23. The topological polar surface area (TPSA) is 76.4 Å². The van der Waals surface area contributed by atoms with Crippen molar-refractivity contribution in [1.29, 1.82) is 0 Å². The van der Waals surface area contributed by atoms with Crippen molar-refractivity contribution in [2.24, 2.45) is 18.0 Å². The molecule has 25 heavy (non-hydrogen) atoms. The van der Waals surface area contributed by atoms with Crippen LogP contribution in [0.5, 0.6) is 0 Å². The molecule has 0 radical (unpaired) electrons. The Balaban J connectivity index is 0.00000312. The minimum absolute atomic E-state index is 0. The molecule has 1 aliphatic carbocycles. The van der Waals surface area contributed by atoms with Crippen molar-refractivity contribution in [1.82, 2.24) is 25.4 Å². The molecule has 1 aliphatic rings. The molecule has 1 aromatic rings. The molecule has 0 amide bonds. The Hall–Kier alpha value is -0.900. The predicted octanol–water partition coefficient (Wildman–Crippen LogP) is 2.39. The maximum absolute atomic E-state index is 5.11. The number of nitrogens with one attached hydrogen (secondary N) is 2. The summed E-state index contributed by atoms with van der Waals surface area (Å²) in [6.45, 7) is 6.42. The molecule has 0 bridgehead atoms. The van der Waals surface area contributed by atoms with Crippen molar-refractivity contribution in [2.45, 2.75) is 58.5 Å². The average molecular weight is 464 g/mol. The van der Waals surface area contributed by atoms with E-state index in [4.69, 9.17) is 9.73 Å². The van der Waals surface area contributed by atoms with Crippen molar-refractivity contribution >= 4 is 29.9 Å². The van der Waals surface area contributed by atoms with Gasteiger partial charge in [-0.3, -0.25) is 0 Å². The van der Waals surface area contributed by atoms with Crippen LogP contribution in [0.3, 0.4) is 0 Å². The summed E-state index contributed by atoms with van der Waals surface area (Å²) >= 11 is 0. The fourth-order valence-electron chi connectivity index (χ4n) is 2.91. The lowest BCUT2D eigenvalue weighted by Gasteiger charge is -2.28. The molecule has 1 heterocycles. The molecule has 8 heteroatoms. The molecule has 2 rings (SSSR count). The molecule has 0 atom stereocenters. The van der Waals surface area contributed by atoms with Gasteiger partial charge in [0.05, 0.1) is 0 Å². The zero-order valence-corrected chi connectivity index (χ0v) is 18.2. The van der Waals surface area contributed by atoms with E-state index in [2.05, 4.69) is 27.8 Å². The smallest absolute Gasteiger partial charge is 0.191 e. The molecule has 144 valence electrons. The van der Waals surface area contributed by atoms with Crippen LogP contribution >= 0.6 is 24.0 Å². The van der Waals surface area contributed by atoms with Gasteiger partial charge in [0.1, 0.15) is 12.4 Å². The summed E-state index contributed by atoms with van der Waals surface area (Å²) in [4.78, 5) is 4.71. The fourth-order valence-corrected chi connectivity index (χ4v) is 2.91. The summed E-state index contributed by atoms with van der Waals surface area (Å²) in [5.41, 5.74) is 0. The number of aromatic nitrogens is 3. The number of hydrogen-bond acceptors (Lipinski definition) is 4. The van der Waals surface area contributed by atoms with Crippen LogP contribution in [-0.4, -0.2) is 47.0 Å². The molecule has 0 aromatic carbocycles. The molecule has 2 N–H and O–H groups in total. The molecule has 0 saturated heterocycles. The normalized spacial score (nSPS) is 20.9. The second kappa shape index (κ2) is 11.7. The average Bonchev–Trinajstić information content (AvgIpc) is 2.90. The van der Waals surface area contributed by atoms with Crippen LogP contribution in [0.15, 0.2) is 4.99 Å². The summed E-state index contributed by atoms with van der Waals surface area (Å²) in [6.07, 6.45) is 5.96. The molecule has 0 unspecified atom stereocenters. The first-order valence-corrected chi connectivity index (χ1v) is 8.98. The standard InChI is InChI=1S/C17H32N6O.HI/c1-13-6-8-15(9-7-13)20-17(18-10-5-11-24-4)19-12-16-22-21-14(2)23(16)3;/h13,15H,5-12H2,1-4H3,(H2,18,19,20);1H. The van der Waals surface area contributed by atoms with E-state index in [0.717, 1.165) is 43.1 Å². The molecule has 7 nitrogen and oxygen atoms in total. The maximum atomic E-state index is 5.11. The number of nitrogens with zero attached hydrogens (tertiary/aromatic N) is 4. The summed E-state index contributed by atoms with van der Waals surface area (Å²) in [5, 5.41) is 15.3. The fraction of sp³-hybridized carbons (Fsp3) is 0.824. The van der Waals surface area contributed by atoms with E-state index in [1.807, 2.05) is 18.5 Å². The highest BCUT2D eigenvalue weighted by Gasteiger charge is 2.19. The maximum Gasteiger partial charge on any atom is 0.191 e. The van der Waals surface area contributed by atoms with Gasteiger partial charge < -0.3 is 19.9 Å². The predicted molar refractivity (Wildman–Crippen MR) is 111 cm³/mol. The van der Waals surface area contributed by atoms with Gasteiger partial charge in [-0.1, -0.05) is 6.92 Å². The Morgan fingerprint density at radius 2 is 2.00 bits per heavy atom. The Bertz CT molecular complexity index is 525. The second-order valence-electron chi connectivity index (χ2n) is 6.76. The van der Waals surface area contributed by atoms with Crippen molar-refractivity contribution in [2.75, 3.05) is 20.3 Å². The molecule has 0 aliphatic heterocycles. The molecule has 1 aromatic heterocycles. The third-order valence-electron chi connectivity index (χ3n) is 4.74. The Kier molecular flexibility index (Phi) is 10.3. The molecular formula is C17H33IN6O. The first kappa shape index (κ1) is 22.1. The molecule has 0 spiro atoms. The number of guanidine groups is 1. The van der Waals surface area contributed by atoms with Gasteiger partial charge in [0.15, 0.2) is 11.8 Å². The lowest BCUT2D eigenvalue weighted by molar-refractivity contribution is 0.195. The lowest BCUT2D eigenvalue weighted by atomic mass is 9.87. The van der Waals surface area contributed by atoms with E-state index < -0.39 is 0 Å². The summed E-state index contributed by atoms with van der Waals surface area (Å²) in [5.74, 6) is 3.50. The van der Waals surface area contributed by atoms with E-state index in [0.29, 0.717) is 12.6 Å². The minimum atomic E-state index is 0. The first-order chi connectivity index (χ1) is 11.6. The van der Waals surface area contributed by atoms with Gasteiger partial charge in [-0.25, -0.2) is 4.99 Å². The monoisotopic (exact) mass is 464 g/mol. The lowest BCUT2D eigenvalue weighted by Crippen LogP contribution is -2.45. The zero-order valence-electron chi connectivity index (χ0n) is 15.9. The summed E-state index contributed by atoms with van der Waals surface area (Å²) in [6, 6.07) is 0.510. The van der Waals surface area contributed by atoms with Crippen LogP contribution in [0.4, 0.5) is 0 Å². The molecule has 1 fully saturated rings. The van der Waals surface area contributed by atoms with Crippen LogP contribution in [0.25, 0.3) is 0 Å². The van der Waals surface area contributed by atoms with E-state index >= 15 is 0 Å². The Morgan fingerprint density at radius 3 is 2.60 bits per heavy atom.